The Hall–Kier alpha value is -0.470. The van der Waals surface area contributed by atoms with Gasteiger partial charge in [-0.1, -0.05) is 37.3 Å². The molecule has 1 aromatic rings. The van der Waals surface area contributed by atoms with Crippen LogP contribution in [0.15, 0.2) is 30.3 Å². The van der Waals surface area contributed by atoms with Crippen LogP contribution in [0.3, 0.4) is 0 Å². The zero-order valence-electron chi connectivity index (χ0n) is 9.44. The summed E-state index contributed by atoms with van der Waals surface area (Å²) < 4.78 is 0. The Morgan fingerprint density at radius 2 is 1.93 bits per heavy atom. The maximum Gasteiger partial charge on any atom is 0.0439 e. The highest BCUT2D eigenvalue weighted by molar-refractivity contribution is 7.99. The second kappa shape index (κ2) is 5.04. The van der Waals surface area contributed by atoms with Gasteiger partial charge in [0.1, 0.15) is 0 Å². The van der Waals surface area contributed by atoms with E-state index in [0.717, 1.165) is 0 Å². The maximum absolute atomic E-state index is 3.72. The molecule has 3 atom stereocenters. The van der Waals surface area contributed by atoms with Crippen LogP contribution in [0.25, 0.3) is 0 Å². The molecule has 1 saturated heterocycles. The molecular formula is C13H19NS. The normalized spacial score (nSPS) is 32.3. The largest absolute Gasteiger partial charge is 0.306 e. The van der Waals surface area contributed by atoms with E-state index >= 15 is 0 Å². The number of thioether (sulfide) groups is 1. The van der Waals surface area contributed by atoms with Crippen LogP contribution in [0, 0.1) is 0 Å². The van der Waals surface area contributed by atoms with Crippen molar-refractivity contribution in [3.63, 3.8) is 0 Å². The average molecular weight is 221 g/mol. The molecule has 1 nitrogen and oxygen atoms in total. The molecule has 0 aliphatic carbocycles. The molecule has 1 N–H and O–H groups in total. The molecule has 1 aliphatic heterocycles. The summed E-state index contributed by atoms with van der Waals surface area (Å²) in [4.78, 5) is 0. The van der Waals surface area contributed by atoms with Crippen molar-refractivity contribution in [1.29, 1.82) is 0 Å². The van der Waals surface area contributed by atoms with Crippen LogP contribution in [0.5, 0.6) is 0 Å². The van der Waals surface area contributed by atoms with Gasteiger partial charge >= 0.3 is 0 Å². The number of hydrogen-bond acceptors (Lipinski definition) is 2. The van der Waals surface area contributed by atoms with Crippen LogP contribution in [0.4, 0.5) is 0 Å². The second-order valence-corrected chi connectivity index (χ2v) is 5.81. The zero-order valence-corrected chi connectivity index (χ0v) is 10.3. The minimum atomic E-state index is 0.508. The van der Waals surface area contributed by atoms with Crippen molar-refractivity contribution in [3.05, 3.63) is 35.9 Å². The minimum absolute atomic E-state index is 0.508. The van der Waals surface area contributed by atoms with Crippen molar-refractivity contribution in [3.8, 4) is 0 Å². The van der Waals surface area contributed by atoms with Gasteiger partial charge in [-0.2, -0.15) is 11.8 Å². The predicted molar refractivity (Wildman–Crippen MR) is 68.3 cm³/mol. The molecule has 3 unspecified atom stereocenters. The summed E-state index contributed by atoms with van der Waals surface area (Å²) in [5.41, 5.74) is 1.42. The van der Waals surface area contributed by atoms with Gasteiger partial charge in [0.25, 0.3) is 0 Å². The minimum Gasteiger partial charge on any atom is -0.306 e. The number of benzene rings is 1. The van der Waals surface area contributed by atoms with Crippen molar-refractivity contribution < 1.29 is 0 Å². The maximum atomic E-state index is 3.72. The fourth-order valence-electron chi connectivity index (χ4n) is 2.08. The lowest BCUT2D eigenvalue weighted by molar-refractivity contribution is 0.456. The first kappa shape index (κ1) is 11.0. The van der Waals surface area contributed by atoms with Crippen molar-refractivity contribution in [2.45, 2.75) is 37.6 Å². The first-order valence-electron chi connectivity index (χ1n) is 5.70. The summed E-state index contributed by atoms with van der Waals surface area (Å²) in [6, 6.07) is 11.9. The van der Waals surface area contributed by atoms with Crippen molar-refractivity contribution >= 4 is 11.8 Å². The van der Waals surface area contributed by atoms with Crippen molar-refractivity contribution in [2.24, 2.45) is 0 Å². The molecule has 15 heavy (non-hydrogen) atoms. The third kappa shape index (κ3) is 2.76. The molecule has 1 aliphatic rings. The van der Waals surface area contributed by atoms with E-state index in [0.29, 0.717) is 17.3 Å². The topological polar surface area (TPSA) is 12.0 Å². The Morgan fingerprint density at radius 1 is 1.20 bits per heavy atom. The van der Waals surface area contributed by atoms with Gasteiger partial charge in [-0.15, -0.1) is 0 Å². The quantitative estimate of drug-likeness (QED) is 0.781. The number of hydrogen-bond donors (Lipinski definition) is 1. The molecule has 1 heterocycles. The fraction of sp³-hybridized carbons (Fsp3) is 0.538. The molecule has 2 rings (SSSR count). The average Bonchev–Trinajstić information content (AvgIpc) is 2.42. The molecule has 2 heteroatoms. The van der Waals surface area contributed by atoms with Gasteiger partial charge in [-0.25, -0.2) is 0 Å². The molecule has 0 saturated carbocycles. The van der Waals surface area contributed by atoms with Gasteiger partial charge < -0.3 is 5.32 Å². The number of nitrogens with one attached hydrogen (secondary N) is 1. The van der Waals surface area contributed by atoms with Gasteiger partial charge in [0.2, 0.25) is 0 Å². The summed E-state index contributed by atoms with van der Waals surface area (Å²) in [6.07, 6.45) is 1.28. The van der Waals surface area contributed by atoms with Crippen LogP contribution in [0.2, 0.25) is 0 Å². The third-order valence-corrected chi connectivity index (χ3v) is 4.29. The molecule has 0 aromatic heterocycles. The van der Waals surface area contributed by atoms with E-state index in [9.17, 15) is 0 Å². The molecule has 1 aromatic carbocycles. The Kier molecular flexibility index (Phi) is 3.71. The predicted octanol–water partition coefficient (Wildman–Crippen LogP) is 3.23. The smallest absolute Gasteiger partial charge is 0.0439 e. The van der Waals surface area contributed by atoms with Crippen LogP contribution in [-0.2, 0) is 0 Å². The Balaban J connectivity index is 2.18. The molecule has 0 bridgehead atoms. The summed E-state index contributed by atoms with van der Waals surface area (Å²) in [7, 11) is 0. The van der Waals surface area contributed by atoms with Crippen molar-refractivity contribution in [2.75, 3.05) is 5.75 Å². The monoisotopic (exact) mass is 221 g/mol. The summed E-state index contributed by atoms with van der Waals surface area (Å²) in [5.74, 6) is 1.28. The summed E-state index contributed by atoms with van der Waals surface area (Å²) in [6.45, 7) is 4.61. The lowest BCUT2D eigenvalue weighted by Crippen LogP contribution is -2.33. The Bertz CT molecular complexity index is 299. The third-order valence-electron chi connectivity index (χ3n) is 3.02. The van der Waals surface area contributed by atoms with E-state index in [1.54, 1.807) is 0 Å². The van der Waals surface area contributed by atoms with Gasteiger partial charge in [0, 0.05) is 17.3 Å². The zero-order chi connectivity index (χ0) is 10.7. The summed E-state index contributed by atoms with van der Waals surface area (Å²) >= 11 is 2.08. The fourth-order valence-corrected chi connectivity index (χ4v) is 3.37. The number of rotatable bonds is 1. The van der Waals surface area contributed by atoms with E-state index in [1.165, 1.54) is 17.7 Å². The lowest BCUT2D eigenvalue weighted by Gasteiger charge is -2.24. The standard InChI is InChI=1S/C13H19NS/c1-10-8-9-15-11(2)13(14-10)12-6-4-3-5-7-12/h3-7,10-11,13-14H,8-9H2,1-2H3. The molecule has 0 amide bonds. The van der Waals surface area contributed by atoms with Crippen LogP contribution >= 0.6 is 11.8 Å². The van der Waals surface area contributed by atoms with Gasteiger partial charge in [0.15, 0.2) is 0 Å². The van der Waals surface area contributed by atoms with E-state index in [-0.39, 0.29) is 0 Å². The second-order valence-electron chi connectivity index (χ2n) is 4.32. The van der Waals surface area contributed by atoms with E-state index in [4.69, 9.17) is 0 Å². The Labute approximate surface area is 96.7 Å². The summed E-state index contributed by atoms with van der Waals surface area (Å²) in [5, 5.41) is 4.39. The highest BCUT2D eigenvalue weighted by atomic mass is 32.2. The van der Waals surface area contributed by atoms with Crippen LogP contribution < -0.4 is 5.32 Å². The molecule has 82 valence electrons. The Morgan fingerprint density at radius 3 is 2.67 bits per heavy atom. The van der Waals surface area contributed by atoms with E-state index < -0.39 is 0 Å². The van der Waals surface area contributed by atoms with E-state index in [1.807, 2.05) is 0 Å². The lowest BCUT2D eigenvalue weighted by atomic mass is 10.0. The van der Waals surface area contributed by atoms with Gasteiger partial charge in [0.05, 0.1) is 0 Å². The van der Waals surface area contributed by atoms with E-state index in [2.05, 4.69) is 61.3 Å². The van der Waals surface area contributed by atoms with Crippen LogP contribution in [-0.4, -0.2) is 17.0 Å². The molecular weight excluding hydrogens is 202 g/mol. The molecule has 1 fully saturated rings. The highest BCUT2D eigenvalue weighted by Crippen LogP contribution is 2.30. The van der Waals surface area contributed by atoms with Crippen LogP contribution in [0.1, 0.15) is 31.9 Å². The van der Waals surface area contributed by atoms with Crippen molar-refractivity contribution in [1.82, 2.24) is 5.32 Å². The first-order valence-corrected chi connectivity index (χ1v) is 6.75. The SMILES string of the molecule is CC1CCSC(C)C(c2ccccc2)N1. The van der Waals surface area contributed by atoms with Gasteiger partial charge in [-0.05, 0) is 24.7 Å². The van der Waals surface area contributed by atoms with Gasteiger partial charge in [-0.3, -0.25) is 0 Å². The highest BCUT2D eigenvalue weighted by Gasteiger charge is 2.24. The molecule has 0 radical (unpaired) electrons. The molecule has 0 spiro atoms. The first-order chi connectivity index (χ1) is 7.27.